The number of nitrogens with one attached hydrogen (secondary N) is 1. The number of nitrogens with zero attached hydrogens (tertiary/aromatic N) is 4. The molecule has 0 saturated heterocycles. The van der Waals surface area contributed by atoms with Gasteiger partial charge in [0.2, 0.25) is 5.88 Å². The van der Waals surface area contributed by atoms with Crippen LogP contribution in [0.1, 0.15) is 18.1 Å². The van der Waals surface area contributed by atoms with Gasteiger partial charge in [0.25, 0.3) is 0 Å². The molecule has 0 radical (unpaired) electrons. The lowest BCUT2D eigenvalue weighted by Crippen LogP contribution is -2.14. The lowest BCUT2D eigenvalue weighted by Gasteiger charge is -2.07. The molecule has 0 aliphatic rings. The fraction of sp³-hybridized carbons (Fsp3) is 0.136. The van der Waals surface area contributed by atoms with Crippen molar-refractivity contribution < 1.29 is 4.74 Å². The molecule has 0 unspecified atom stereocenters. The Balaban J connectivity index is 1.50. The normalized spacial score (nSPS) is 11.4. The molecule has 4 aromatic heterocycles. The molecule has 0 spiro atoms. The lowest BCUT2D eigenvalue weighted by atomic mass is 10.1. The third-order valence-electron chi connectivity index (χ3n) is 5.04. The summed E-state index contributed by atoms with van der Waals surface area (Å²) >= 11 is 0. The van der Waals surface area contributed by atoms with E-state index in [0.717, 1.165) is 34.4 Å². The summed E-state index contributed by atoms with van der Waals surface area (Å²) in [5.41, 5.74) is 4.94. The molecule has 7 heteroatoms. The zero-order valence-corrected chi connectivity index (χ0v) is 16.1. The number of aryl methyl sites for hydroxylation is 2. The predicted octanol–water partition coefficient (Wildman–Crippen LogP) is 4.02. The average molecular weight is 385 g/mol. The second-order valence-electron chi connectivity index (χ2n) is 6.88. The van der Waals surface area contributed by atoms with Crippen LogP contribution in [0.3, 0.4) is 0 Å². The highest BCUT2D eigenvalue weighted by Crippen LogP contribution is 2.24. The monoisotopic (exact) mass is 385 g/mol. The van der Waals surface area contributed by atoms with Gasteiger partial charge in [0, 0.05) is 12.4 Å². The summed E-state index contributed by atoms with van der Waals surface area (Å²) in [6, 6.07) is 13.1. The van der Waals surface area contributed by atoms with E-state index in [2.05, 4.69) is 21.9 Å². The zero-order valence-electron chi connectivity index (χ0n) is 16.1. The highest BCUT2D eigenvalue weighted by Gasteiger charge is 2.14. The highest BCUT2D eigenvalue weighted by molar-refractivity contribution is 5.78. The molecule has 5 aromatic rings. The second-order valence-corrected chi connectivity index (χ2v) is 6.88. The second kappa shape index (κ2) is 6.63. The molecular formula is C22H19N5O2. The number of pyridine rings is 2. The van der Waals surface area contributed by atoms with E-state index < -0.39 is 0 Å². The van der Waals surface area contributed by atoms with Crippen molar-refractivity contribution in [1.82, 2.24) is 23.9 Å². The fourth-order valence-corrected chi connectivity index (χ4v) is 3.63. The largest absolute Gasteiger partial charge is 0.437 e. The fourth-order valence-electron chi connectivity index (χ4n) is 3.63. The van der Waals surface area contributed by atoms with Crippen LogP contribution in [-0.4, -0.2) is 23.9 Å². The van der Waals surface area contributed by atoms with Crippen LogP contribution < -0.4 is 10.4 Å². The number of fused-ring (bicyclic) bond motifs is 2. The van der Waals surface area contributed by atoms with E-state index >= 15 is 0 Å². The molecule has 0 aliphatic heterocycles. The molecule has 0 aliphatic carbocycles. The number of benzene rings is 1. The summed E-state index contributed by atoms with van der Waals surface area (Å²) in [6.07, 6.45) is 6.38. The maximum absolute atomic E-state index is 12.6. The van der Waals surface area contributed by atoms with Crippen molar-refractivity contribution >= 4 is 16.8 Å². The van der Waals surface area contributed by atoms with Crippen LogP contribution in [-0.2, 0) is 6.42 Å². The third kappa shape index (κ3) is 2.87. The van der Waals surface area contributed by atoms with Crippen LogP contribution >= 0.6 is 0 Å². The van der Waals surface area contributed by atoms with Gasteiger partial charge >= 0.3 is 5.69 Å². The van der Waals surface area contributed by atoms with Crippen molar-refractivity contribution in [1.29, 1.82) is 0 Å². The predicted molar refractivity (Wildman–Crippen MR) is 111 cm³/mol. The van der Waals surface area contributed by atoms with Gasteiger partial charge in [0.1, 0.15) is 11.4 Å². The number of hydrogen-bond donors (Lipinski definition) is 1. The number of ether oxygens (including phenoxy) is 1. The van der Waals surface area contributed by atoms with Gasteiger partial charge in [-0.2, -0.15) is 4.98 Å². The summed E-state index contributed by atoms with van der Waals surface area (Å²) in [6.45, 7) is 4.08. The van der Waals surface area contributed by atoms with E-state index in [1.165, 1.54) is 0 Å². The van der Waals surface area contributed by atoms with Gasteiger partial charge < -0.3 is 14.1 Å². The van der Waals surface area contributed by atoms with Crippen LogP contribution in [0.5, 0.6) is 11.6 Å². The summed E-state index contributed by atoms with van der Waals surface area (Å²) in [4.78, 5) is 24.5. The van der Waals surface area contributed by atoms with Crippen molar-refractivity contribution in [2.24, 2.45) is 0 Å². The highest BCUT2D eigenvalue weighted by atomic mass is 16.5. The smallest absolute Gasteiger partial charge is 0.332 e. The van der Waals surface area contributed by atoms with Crippen LogP contribution in [0, 0.1) is 6.92 Å². The molecule has 0 bridgehead atoms. The van der Waals surface area contributed by atoms with Crippen molar-refractivity contribution in [3.05, 3.63) is 82.7 Å². The first-order valence-electron chi connectivity index (χ1n) is 9.45. The van der Waals surface area contributed by atoms with E-state index in [1.54, 1.807) is 4.57 Å². The molecule has 4 heterocycles. The van der Waals surface area contributed by atoms with E-state index in [0.29, 0.717) is 17.3 Å². The maximum Gasteiger partial charge on any atom is 0.332 e. The first-order valence-corrected chi connectivity index (χ1v) is 9.45. The zero-order chi connectivity index (χ0) is 20.0. The molecular weight excluding hydrogens is 366 g/mol. The van der Waals surface area contributed by atoms with E-state index in [4.69, 9.17) is 4.74 Å². The Hall–Kier alpha value is -3.87. The minimum absolute atomic E-state index is 0.207. The SMILES string of the molecule is CCc1c(C)cnc2c1[nH]c(=O)n2-c1ccc(Oc2cn3ccccc3n2)cc1. The van der Waals surface area contributed by atoms with Gasteiger partial charge in [0.15, 0.2) is 5.65 Å². The van der Waals surface area contributed by atoms with Gasteiger partial charge in [-0.15, -0.1) is 0 Å². The molecule has 1 aromatic carbocycles. The molecule has 0 atom stereocenters. The molecule has 29 heavy (non-hydrogen) atoms. The Morgan fingerprint density at radius 2 is 1.97 bits per heavy atom. The van der Waals surface area contributed by atoms with E-state index in [9.17, 15) is 4.79 Å². The van der Waals surface area contributed by atoms with Gasteiger partial charge in [0.05, 0.1) is 17.4 Å². The Bertz CT molecular complexity index is 1360. The Kier molecular flexibility index (Phi) is 3.94. The van der Waals surface area contributed by atoms with Crippen molar-refractivity contribution in [2.75, 3.05) is 0 Å². The van der Waals surface area contributed by atoms with E-state index in [1.807, 2.05) is 72.4 Å². The minimum atomic E-state index is -0.207. The molecule has 7 nitrogen and oxygen atoms in total. The molecule has 0 amide bonds. The number of H-pyrrole nitrogens is 1. The molecule has 0 saturated carbocycles. The van der Waals surface area contributed by atoms with Gasteiger partial charge in [-0.25, -0.2) is 14.3 Å². The van der Waals surface area contributed by atoms with Crippen LogP contribution in [0.2, 0.25) is 0 Å². The summed E-state index contributed by atoms with van der Waals surface area (Å²) in [7, 11) is 0. The number of hydrogen-bond acceptors (Lipinski definition) is 4. The maximum atomic E-state index is 12.6. The Morgan fingerprint density at radius 3 is 2.72 bits per heavy atom. The Labute approximate surface area is 166 Å². The number of aromatic amines is 1. The molecule has 144 valence electrons. The lowest BCUT2D eigenvalue weighted by molar-refractivity contribution is 0.466. The summed E-state index contributed by atoms with van der Waals surface area (Å²) < 4.78 is 9.35. The van der Waals surface area contributed by atoms with Crippen LogP contribution in [0.25, 0.3) is 22.5 Å². The first-order chi connectivity index (χ1) is 14.1. The van der Waals surface area contributed by atoms with Crippen LogP contribution in [0.4, 0.5) is 0 Å². The van der Waals surface area contributed by atoms with Gasteiger partial charge in [-0.3, -0.25) is 0 Å². The number of rotatable bonds is 4. The van der Waals surface area contributed by atoms with Crippen LogP contribution in [0.15, 0.2) is 65.8 Å². The Morgan fingerprint density at radius 1 is 1.14 bits per heavy atom. The number of aromatic nitrogens is 5. The van der Waals surface area contributed by atoms with E-state index in [-0.39, 0.29) is 5.69 Å². The van der Waals surface area contributed by atoms with Crippen molar-refractivity contribution in [2.45, 2.75) is 20.3 Å². The average Bonchev–Trinajstić information content (AvgIpc) is 3.28. The first kappa shape index (κ1) is 17.2. The molecule has 0 fully saturated rings. The standard InChI is InChI=1S/C22H19N5O2/c1-3-17-14(2)12-23-21-20(17)25-22(28)27(21)15-7-9-16(10-8-15)29-19-13-26-11-5-4-6-18(26)24-19/h4-13H,3H2,1-2H3,(H,25,28). The van der Waals surface area contributed by atoms with Gasteiger partial charge in [-0.05, 0) is 60.9 Å². The molecule has 1 N–H and O–H groups in total. The topological polar surface area (TPSA) is 77.2 Å². The van der Waals surface area contributed by atoms with Crippen molar-refractivity contribution in [3.63, 3.8) is 0 Å². The third-order valence-corrected chi connectivity index (χ3v) is 5.04. The summed E-state index contributed by atoms with van der Waals surface area (Å²) in [5, 5.41) is 0. The van der Waals surface area contributed by atoms with Crippen molar-refractivity contribution in [3.8, 4) is 17.3 Å². The quantitative estimate of drug-likeness (QED) is 0.507. The van der Waals surface area contributed by atoms with Gasteiger partial charge in [-0.1, -0.05) is 13.0 Å². The minimum Gasteiger partial charge on any atom is -0.437 e. The summed E-state index contributed by atoms with van der Waals surface area (Å²) in [5.74, 6) is 1.15. The molecule has 5 rings (SSSR count). The number of imidazole rings is 2.